The van der Waals surface area contributed by atoms with Gasteiger partial charge in [0, 0.05) is 87.9 Å². The number of amides is 12. The molecule has 0 bridgehead atoms. The van der Waals surface area contributed by atoms with Gasteiger partial charge in [-0.2, -0.15) is 26.3 Å². The van der Waals surface area contributed by atoms with Gasteiger partial charge < -0.3 is 69.5 Å². The Morgan fingerprint density at radius 2 is 1.31 bits per heavy atom. The van der Waals surface area contributed by atoms with Crippen molar-refractivity contribution in [1.29, 1.82) is 0 Å². The van der Waals surface area contributed by atoms with E-state index in [-0.39, 0.29) is 95.0 Å². The molecule has 1 spiro atoms. The van der Waals surface area contributed by atoms with E-state index in [1.807, 2.05) is 0 Å². The smallest absolute Gasteiger partial charge is 0.378 e. The Morgan fingerprint density at radius 3 is 1.85 bits per heavy atom. The van der Waals surface area contributed by atoms with Gasteiger partial charge in [-0.15, -0.1) is 6.58 Å². The van der Waals surface area contributed by atoms with Gasteiger partial charge in [0.05, 0.1) is 44.4 Å². The number of likely N-dealkylation sites (N-methyl/N-ethyl adjacent to an activating group) is 6. The molecule has 5 aliphatic rings. The predicted octanol–water partition coefficient (Wildman–Crippen LogP) is 6.70. The summed E-state index contributed by atoms with van der Waals surface area (Å²) in [4.78, 5) is 193. The van der Waals surface area contributed by atoms with Crippen molar-refractivity contribution >= 4 is 70.9 Å². The summed E-state index contributed by atoms with van der Waals surface area (Å²) in [7, 11) is 7.80. The van der Waals surface area contributed by atoms with E-state index in [1.54, 1.807) is 34.6 Å². The first-order chi connectivity index (χ1) is 53.5. The van der Waals surface area contributed by atoms with Crippen molar-refractivity contribution in [3.63, 3.8) is 0 Å². The first-order valence-corrected chi connectivity index (χ1v) is 39.0. The Hall–Kier alpha value is -9.08. The normalized spacial score (nSPS) is 25.3. The molecule has 7 rings (SSSR count). The molecule has 2 aromatic carbocycles. The number of benzene rings is 2. The number of aryl methyl sites for hydroxylation is 1. The number of allylic oxidation sites excluding steroid dienone is 1. The van der Waals surface area contributed by atoms with E-state index in [4.69, 9.17) is 9.47 Å². The topological polar surface area (TPSA) is 289 Å². The number of ether oxygens (including phenoxy) is 2. The largest absolute Gasteiger partial charge is 0.422 e. The Kier molecular flexibility index (Phi) is 32.3. The molecular formula is C80H112F8N12O14. The summed E-state index contributed by atoms with van der Waals surface area (Å²) in [6.07, 6.45) is -9.65. The third-order valence-corrected chi connectivity index (χ3v) is 22.6. The summed E-state index contributed by atoms with van der Waals surface area (Å²) in [6, 6.07) is -7.74. The predicted molar refractivity (Wildman–Crippen MR) is 403 cm³/mol. The van der Waals surface area contributed by atoms with Crippen LogP contribution in [-0.4, -0.2) is 276 Å². The Labute approximate surface area is 661 Å². The van der Waals surface area contributed by atoms with Gasteiger partial charge in [0.15, 0.2) is 0 Å². The maximum Gasteiger partial charge on any atom is 0.422 e. The van der Waals surface area contributed by atoms with Crippen molar-refractivity contribution in [2.45, 2.75) is 217 Å². The van der Waals surface area contributed by atoms with Crippen LogP contribution in [0.1, 0.15) is 154 Å². The van der Waals surface area contributed by atoms with Gasteiger partial charge in [0.2, 0.25) is 70.9 Å². The average molecular weight is 1620 g/mol. The van der Waals surface area contributed by atoms with E-state index < -0.39 is 229 Å². The summed E-state index contributed by atoms with van der Waals surface area (Å²) in [5.41, 5.74) is -5.11. The summed E-state index contributed by atoms with van der Waals surface area (Å²) < 4.78 is 126. The fourth-order valence-electron chi connectivity index (χ4n) is 15.7. The number of carbonyl (C=O) groups is 12. The van der Waals surface area contributed by atoms with Crippen molar-refractivity contribution < 1.29 is 102 Å². The molecule has 3 N–H and O–H groups in total. The second-order valence-corrected chi connectivity index (χ2v) is 31.5. The van der Waals surface area contributed by atoms with E-state index in [0.29, 0.717) is 50.7 Å². The molecular weight excluding hydrogens is 1500 g/mol. The lowest BCUT2D eigenvalue weighted by molar-refractivity contribution is -0.159. The first-order valence-electron chi connectivity index (χ1n) is 39.0. The highest BCUT2D eigenvalue weighted by Gasteiger charge is 2.54. The second-order valence-electron chi connectivity index (χ2n) is 31.5. The summed E-state index contributed by atoms with van der Waals surface area (Å²) >= 11 is 0. The molecule has 0 radical (unpaired) electrons. The fraction of sp³-hybridized carbons (Fsp3) is 0.650. The van der Waals surface area contributed by atoms with Crippen molar-refractivity contribution in [3.05, 3.63) is 95.1 Å². The van der Waals surface area contributed by atoms with E-state index in [1.165, 1.54) is 58.0 Å². The highest BCUT2D eigenvalue weighted by molar-refractivity contribution is 6.01. The van der Waals surface area contributed by atoms with E-state index in [0.717, 1.165) is 65.6 Å². The highest BCUT2D eigenvalue weighted by atomic mass is 19.4. The molecule has 26 nitrogen and oxygen atoms in total. The van der Waals surface area contributed by atoms with Gasteiger partial charge in [0.25, 0.3) is 0 Å². The van der Waals surface area contributed by atoms with Crippen LogP contribution in [0.3, 0.4) is 0 Å². The van der Waals surface area contributed by atoms with E-state index in [2.05, 4.69) is 29.1 Å². The van der Waals surface area contributed by atoms with Crippen LogP contribution < -0.4 is 16.0 Å². The van der Waals surface area contributed by atoms with Crippen molar-refractivity contribution in [1.82, 2.24) is 60.0 Å². The molecule has 2 aliphatic carbocycles. The fourth-order valence-corrected chi connectivity index (χ4v) is 15.7. The molecule has 10 atom stereocenters. The zero-order valence-corrected chi connectivity index (χ0v) is 67.3. The standard InChI is InChI=1S/C80H112F8N12O14/c1-15-18-24-58-74(109)99(43-48(6)7)62(40-50-25-28-53(29-26-50)79(83,84)85)72(107)92(9)45-63(101)89-57(30-27-51-38-55(81)66(56(82)39-51)80(86,87)88)71(106)100-44-54(114-17-3)41-60(100)70(105)91-78(31-21-32-78)77(112)97(14)68(52-22-19-20-23-52)76(111)96(13)61(73(108)98-33-35-113-36-34-98)42-64(102)95(12)59(37-47(4)5)69(104)90-67(49(8)16-2)75(110)93(10)46-65(103)94(58)11/h15,25-26,28-29,38-39,47,49,52,54,57-62,67-68H,1,6,16-24,27,30-37,40-46H2,2-5,7-14H3,(H,89,101)(H,90,104)(H,91,105)/t49-,54+,57-,58-,59-,60-,61-,62-,67-,68+/m0/s1. The Morgan fingerprint density at radius 1 is 0.702 bits per heavy atom. The lowest BCUT2D eigenvalue weighted by Gasteiger charge is -2.47. The molecule has 0 aromatic heterocycles. The molecule has 114 heavy (non-hydrogen) atoms. The third-order valence-electron chi connectivity index (χ3n) is 22.6. The highest BCUT2D eigenvalue weighted by Crippen LogP contribution is 2.40. The minimum Gasteiger partial charge on any atom is -0.378 e. The number of alkyl halides is 6. The van der Waals surface area contributed by atoms with Crippen LogP contribution in [0.15, 0.2) is 61.2 Å². The number of fused-ring (bicyclic) bond motifs is 1. The number of nitrogens with zero attached hydrogens (tertiary/aromatic N) is 9. The summed E-state index contributed by atoms with van der Waals surface area (Å²) in [5, 5.41) is 8.30. The van der Waals surface area contributed by atoms with Crippen molar-refractivity contribution in [2.24, 2.45) is 17.8 Å². The maximum atomic E-state index is 15.8. The molecule has 632 valence electrons. The Bertz CT molecular complexity index is 3810. The number of morpholine rings is 1. The third kappa shape index (κ3) is 22.7. The first kappa shape index (κ1) is 92.1. The van der Waals surface area contributed by atoms with Crippen molar-refractivity contribution in [3.8, 4) is 0 Å². The molecule has 12 amide bonds. The number of rotatable bonds is 18. The molecule has 34 heteroatoms. The van der Waals surface area contributed by atoms with Crippen LogP contribution in [0.2, 0.25) is 0 Å². The monoisotopic (exact) mass is 1620 g/mol. The zero-order chi connectivity index (χ0) is 84.8. The number of carbonyl (C=O) groups excluding carboxylic acids is 12. The molecule has 2 aromatic rings. The van der Waals surface area contributed by atoms with E-state index >= 15 is 51.9 Å². The van der Waals surface area contributed by atoms with Gasteiger partial charge in [0.1, 0.15) is 71.1 Å². The van der Waals surface area contributed by atoms with Crippen LogP contribution in [0.25, 0.3) is 0 Å². The maximum absolute atomic E-state index is 15.8. The van der Waals surface area contributed by atoms with E-state index in [9.17, 15) is 40.7 Å². The van der Waals surface area contributed by atoms with Crippen LogP contribution in [-0.2, 0) is 92.2 Å². The molecule has 2 saturated carbocycles. The quantitative estimate of drug-likeness (QED) is 0.103. The van der Waals surface area contributed by atoms with Crippen LogP contribution in [0, 0.1) is 29.4 Å². The minimum atomic E-state index is -5.47. The lowest BCUT2D eigenvalue weighted by atomic mass is 9.74. The number of nitrogens with one attached hydrogen (secondary N) is 3. The zero-order valence-electron chi connectivity index (χ0n) is 67.3. The number of halogens is 8. The minimum absolute atomic E-state index is 0.0219. The van der Waals surface area contributed by atoms with Gasteiger partial charge in [-0.3, -0.25) is 57.5 Å². The average Bonchev–Trinajstić information content (AvgIpc) is 1.25. The molecule has 3 saturated heterocycles. The SMILES string of the molecule is C=CCC[C@H]1C(=O)N(CC(=C)C)[C@@H](Cc2ccc(C(F)(F)F)cc2)C(=O)N(C)CC(=O)N[C@@H](CCc2cc(F)c(C(F)(F)F)c(F)c2)C(=O)N2C[C@H](OCC)C[C@H]2C(=O)NC2(CCC2)C(=O)N(C)[C@H](C2CCCC2)C(=O)N(C)[C@H](C(=O)N2CCOCC2)CC(=O)N(C)[C@@H](CC(C)C)C(=O)N[C@@H]([C@@H](C)CC)C(=O)N(C)CC(=O)N1C. The molecule has 5 fully saturated rings. The van der Waals surface area contributed by atoms with Crippen LogP contribution in [0.4, 0.5) is 35.1 Å². The van der Waals surface area contributed by atoms with Gasteiger partial charge in [-0.1, -0.05) is 77.3 Å². The van der Waals surface area contributed by atoms with Crippen LogP contribution >= 0.6 is 0 Å². The lowest BCUT2D eigenvalue weighted by Crippen LogP contribution is -2.68. The van der Waals surface area contributed by atoms with Gasteiger partial charge >= 0.3 is 12.4 Å². The number of hydrogen-bond donors (Lipinski definition) is 3. The Balaban J connectivity index is 1.39. The van der Waals surface area contributed by atoms with Gasteiger partial charge in [-0.05, 0) is 131 Å². The molecule has 0 unspecified atom stereocenters. The van der Waals surface area contributed by atoms with Gasteiger partial charge in [-0.25, -0.2) is 8.78 Å². The number of hydrogen-bond acceptors (Lipinski definition) is 14. The van der Waals surface area contributed by atoms with Crippen molar-refractivity contribution in [2.75, 3.05) is 101 Å². The summed E-state index contributed by atoms with van der Waals surface area (Å²) in [5.74, 6) is -15.7. The second kappa shape index (κ2) is 40.0. The van der Waals surface area contributed by atoms with Crippen LogP contribution in [0.5, 0.6) is 0 Å². The molecule has 3 heterocycles. The molecule has 3 aliphatic heterocycles. The summed E-state index contributed by atoms with van der Waals surface area (Å²) in [6.45, 7) is 15.9.